The fourth-order valence-electron chi connectivity index (χ4n) is 0.521. The van der Waals surface area contributed by atoms with E-state index in [4.69, 9.17) is 5.11 Å². The Bertz CT molecular complexity index is 102. The molecule has 0 rings (SSSR count). The predicted molar refractivity (Wildman–Crippen MR) is 40.9 cm³/mol. The van der Waals surface area contributed by atoms with Crippen molar-refractivity contribution in [3.63, 3.8) is 0 Å². The largest absolute Gasteiger partial charge is 0.394 e. The molecule has 0 aromatic heterocycles. The maximum Gasteiger partial charge on any atom is 0.0948 e. The van der Waals surface area contributed by atoms with Crippen molar-refractivity contribution in [1.29, 1.82) is 0 Å². The minimum atomic E-state index is -0.678. The van der Waals surface area contributed by atoms with Crippen LogP contribution in [0.1, 0.15) is 13.8 Å². The second-order valence-corrected chi connectivity index (χ2v) is 3.25. The summed E-state index contributed by atoms with van der Waals surface area (Å²) in [7, 11) is 3.75. The van der Waals surface area contributed by atoms with Crippen LogP contribution in [0, 0.1) is 0 Å². The Kier molecular flexibility index (Phi) is 3.28. The molecule has 0 saturated carbocycles. The number of hydrogen-bond donors (Lipinski definition) is 2. The van der Waals surface area contributed by atoms with Crippen molar-refractivity contribution in [1.82, 2.24) is 4.90 Å². The van der Waals surface area contributed by atoms with E-state index in [2.05, 4.69) is 0 Å². The van der Waals surface area contributed by atoms with E-state index in [9.17, 15) is 5.11 Å². The number of nitrogens with zero attached hydrogens (tertiary/aromatic N) is 1. The van der Waals surface area contributed by atoms with Crippen LogP contribution in [-0.4, -0.2) is 47.5 Å². The van der Waals surface area contributed by atoms with Crippen molar-refractivity contribution in [3.05, 3.63) is 0 Å². The van der Waals surface area contributed by atoms with Gasteiger partial charge in [0.25, 0.3) is 0 Å². The van der Waals surface area contributed by atoms with Crippen LogP contribution < -0.4 is 0 Å². The molecule has 10 heavy (non-hydrogen) atoms. The molecule has 0 radical (unpaired) electrons. The van der Waals surface area contributed by atoms with Gasteiger partial charge in [0, 0.05) is 5.54 Å². The van der Waals surface area contributed by atoms with Crippen molar-refractivity contribution in [3.8, 4) is 0 Å². The molecule has 0 aliphatic heterocycles. The number of aliphatic hydroxyl groups is 2. The van der Waals surface area contributed by atoms with E-state index in [0.29, 0.717) is 0 Å². The molecule has 0 heterocycles. The highest BCUT2D eigenvalue weighted by Gasteiger charge is 2.28. The van der Waals surface area contributed by atoms with Gasteiger partial charge in [-0.2, -0.15) is 0 Å². The fraction of sp³-hybridized carbons (Fsp3) is 1.00. The van der Waals surface area contributed by atoms with Crippen LogP contribution in [0.4, 0.5) is 0 Å². The Morgan fingerprint density at radius 2 is 1.80 bits per heavy atom. The Morgan fingerprint density at radius 3 is 1.90 bits per heavy atom. The third kappa shape index (κ3) is 1.94. The summed E-state index contributed by atoms with van der Waals surface area (Å²) < 4.78 is 0. The van der Waals surface area contributed by atoms with Crippen LogP contribution in [0.5, 0.6) is 0 Å². The van der Waals surface area contributed by atoms with Gasteiger partial charge in [0.1, 0.15) is 0 Å². The van der Waals surface area contributed by atoms with Gasteiger partial charge in [-0.25, -0.2) is 0 Å². The van der Waals surface area contributed by atoms with Gasteiger partial charge in [0.15, 0.2) is 0 Å². The van der Waals surface area contributed by atoms with Crippen molar-refractivity contribution >= 4 is 0 Å². The zero-order chi connectivity index (χ0) is 8.36. The van der Waals surface area contributed by atoms with Gasteiger partial charge < -0.3 is 15.1 Å². The normalized spacial score (nSPS) is 15.9. The summed E-state index contributed by atoms with van der Waals surface area (Å²) in [6.45, 7) is 3.58. The molecule has 3 heteroatoms. The summed E-state index contributed by atoms with van der Waals surface area (Å²) >= 11 is 0. The third-order valence-corrected chi connectivity index (χ3v) is 2.14. The third-order valence-electron chi connectivity index (χ3n) is 2.14. The lowest BCUT2D eigenvalue weighted by Gasteiger charge is -2.36. The molecule has 1 atom stereocenters. The van der Waals surface area contributed by atoms with Crippen LogP contribution in [-0.2, 0) is 0 Å². The molecule has 3 nitrogen and oxygen atoms in total. The summed E-state index contributed by atoms with van der Waals surface area (Å²) in [5.41, 5.74) is -0.352. The second-order valence-electron chi connectivity index (χ2n) is 3.25. The van der Waals surface area contributed by atoms with Crippen LogP contribution in [0.3, 0.4) is 0 Å². The highest BCUT2D eigenvalue weighted by molar-refractivity contribution is 4.84. The van der Waals surface area contributed by atoms with E-state index in [1.54, 1.807) is 0 Å². The molecular formula is C7H17NO2. The van der Waals surface area contributed by atoms with E-state index >= 15 is 0 Å². The van der Waals surface area contributed by atoms with Crippen molar-refractivity contribution in [2.75, 3.05) is 20.7 Å². The molecule has 0 bridgehead atoms. The van der Waals surface area contributed by atoms with Crippen LogP contribution in [0.2, 0.25) is 0 Å². The zero-order valence-electron chi connectivity index (χ0n) is 7.13. The lowest BCUT2D eigenvalue weighted by molar-refractivity contribution is -0.0173. The van der Waals surface area contributed by atoms with E-state index in [-0.39, 0.29) is 12.1 Å². The van der Waals surface area contributed by atoms with Crippen molar-refractivity contribution in [2.24, 2.45) is 0 Å². The SMILES string of the molecule is CN(C)C(C)(C)C(O)CO. The molecule has 62 valence electrons. The highest BCUT2D eigenvalue weighted by Crippen LogP contribution is 2.14. The average molecular weight is 147 g/mol. The fourth-order valence-corrected chi connectivity index (χ4v) is 0.521. The Morgan fingerprint density at radius 1 is 1.40 bits per heavy atom. The molecule has 2 N–H and O–H groups in total. The van der Waals surface area contributed by atoms with Crippen LogP contribution >= 0.6 is 0 Å². The van der Waals surface area contributed by atoms with Gasteiger partial charge >= 0.3 is 0 Å². The summed E-state index contributed by atoms with van der Waals surface area (Å²) in [6, 6.07) is 0. The number of aliphatic hydroxyl groups excluding tert-OH is 2. The monoisotopic (exact) mass is 147 g/mol. The lowest BCUT2D eigenvalue weighted by Crippen LogP contribution is -2.50. The predicted octanol–water partition coefficient (Wildman–Crippen LogP) is -0.320. The highest BCUT2D eigenvalue weighted by atomic mass is 16.3. The van der Waals surface area contributed by atoms with E-state index in [0.717, 1.165) is 0 Å². The quantitative estimate of drug-likeness (QED) is 0.575. The van der Waals surface area contributed by atoms with Gasteiger partial charge in [-0.15, -0.1) is 0 Å². The maximum atomic E-state index is 9.26. The summed E-state index contributed by atoms with van der Waals surface area (Å²) in [5, 5.41) is 17.9. The summed E-state index contributed by atoms with van der Waals surface area (Å²) in [4.78, 5) is 1.88. The van der Waals surface area contributed by atoms with Crippen molar-refractivity contribution in [2.45, 2.75) is 25.5 Å². The van der Waals surface area contributed by atoms with E-state index in [1.165, 1.54) is 0 Å². The minimum absolute atomic E-state index is 0.189. The van der Waals surface area contributed by atoms with Gasteiger partial charge in [0.05, 0.1) is 12.7 Å². The minimum Gasteiger partial charge on any atom is -0.394 e. The molecule has 0 fully saturated rings. The molecule has 1 unspecified atom stereocenters. The number of likely N-dealkylation sites (N-methyl/N-ethyl adjacent to an activating group) is 1. The first-order valence-corrected chi connectivity index (χ1v) is 3.39. The van der Waals surface area contributed by atoms with Crippen LogP contribution in [0.15, 0.2) is 0 Å². The number of rotatable bonds is 3. The molecule has 0 saturated heterocycles. The topological polar surface area (TPSA) is 43.7 Å². The van der Waals surface area contributed by atoms with E-state index < -0.39 is 6.10 Å². The first-order valence-electron chi connectivity index (χ1n) is 3.39. The van der Waals surface area contributed by atoms with Gasteiger partial charge in [0.2, 0.25) is 0 Å². The first-order chi connectivity index (χ1) is 4.42. The maximum absolute atomic E-state index is 9.26. The van der Waals surface area contributed by atoms with E-state index in [1.807, 2.05) is 32.8 Å². The standard InChI is InChI=1S/C7H17NO2/c1-7(2,8(3)4)6(10)5-9/h6,9-10H,5H2,1-4H3. The van der Waals surface area contributed by atoms with Gasteiger partial charge in [-0.1, -0.05) is 0 Å². The molecule has 0 aromatic carbocycles. The molecule has 0 amide bonds. The molecule has 0 aliphatic rings. The van der Waals surface area contributed by atoms with Crippen LogP contribution in [0.25, 0.3) is 0 Å². The Balaban J connectivity index is 4.09. The average Bonchev–Trinajstić information content (AvgIpc) is 1.86. The lowest BCUT2D eigenvalue weighted by atomic mass is 9.97. The first kappa shape index (κ1) is 9.88. The molecule has 0 aromatic rings. The molecule has 0 aliphatic carbocycles. The second kappa shape index (κ2) is 3.32. The Labute approximate surface area is 62.3 Å². The van der Waals surface area contributed by atoms with Crippen molar-refractivity contribution < 1.29 is 10.2 Å². The molecular weight excluding hydrogens is 130 g/mol. The zero-order valence-corrected chi connectivity index (χ0v) is 7.13. The summed E-state index contributed by atoms with van der Waals surface area (Å²) in [6.07, 6.45) is -0.678. The smallest absolute Gasteiger partial charge is 0.0948 e. The number of hydrogen-bond acceptors (Lipinski definition) is 3. The van der Waals surface area contributed by atoms with Gasteiger partial charge in [-0.3, -0.25) is 0 Å². The molecule has 0 spiro atoms. The van der Waals surface area contributed by atoms with Gasteiger partial charge in [-0.05, 0) is 27.9 Å². The Hall–Kier alpha value is -0.120. The summed E-state index contributed by atoms with van der Waals surface area (Å²) in [5.74, 6) is 0.